The van der Waals surface area contributed by atoms with Crippen LogP contribution in [-0.4, -0.2) is 41.4 Å². The molecule has 1 unspecified atom stereocenters. The zero-order valence-electron chi connectivity index (χ0n) is 22.3. The van der Waals surface area contributed by atoms with E-state index in [2.05, 4.69) is 60.7 Å². The number of hydrazine groups is 1. The molecule has 2 aliphatic heterocycles. The van der Waals surface area contributed by atoms with Gasteiger partial charge in [0.15, 0.2) is 0 Å². The molecular weight excluding hydrogens is 451 g/mol. The Hall–Kier alpha value is -3.29. The lowest BCUT2D eigenvalue weighted by molar-refractivity contribution is 0.444. The molecule has 36 heavy (non-hydrogen) atoms. The second-order valence-electron chi connectivity index (χ2n) is 9.96. The summed E-state index contributed by atoms with van der Waals surface area (Å²) in [7, 11) is 1.83. The molecule has 4 rings (SSSR count). The van der Waals surface area contributed by atoms with Crippen molar-refractivity contribution in [3.63, 3.8) is 0 Å². The maximum Gasteiger partial charge on any atom is 0.149 e. The third-order valence-corrected chi connectivity index (χ3v) is 6.96. The Morgan fingerprint density at radius 3 is 2.69 bits per heavy atom. The first kappa shape index (κ1) is 25.8. The molecule has 0 saturated heterocycles. The number of benzene rings is 1. The molecule has 7 heteroatoms. The van der Waals surface area contributed by atoms with Crippen molar-refractivity contribution < 1.29 is 4.39 Å². The number of anilines is 1. The van der Waals surface area contributed by atoms with Gasteiger partial charge in [-0.3, -0.25) is 4.99 Å². The molecular formula is C29H37FN6. The third-order valence-electron chi connectivity index (χ3n) is 6.96. The Kier molecular flexibility index (Phi) is 7.43. The van der Waals surface area contributed by atoms with Crippen LogP contribution in [0.3, 0.4) is 0 Å². The fourth-order valence-corrected chi connectivity index (χ4v) is 4.92. The van der Waals surface area contributed by atoms with Gasteiger partial charge in [-0.25, -0.2) is 15.2 Å². The lowest BCUT2D eigenvalue weighted by atomic mass is 9.88. The van der Waals surface area contributed by atoms with Gasteiger partial charge in [0.2, 0.25) is 0 Å². The van der Waals surface area contributed by atoms with Gasteiger partial charge in [0.05, 0.1) is 0 Å². The highest BCUT2D eigenvalue weighted by Crippen LogP contribution is 2.38. The van der Waals surface area contributed by atoms with Gasteiger partial charge in [0.25, 0.3) is 0 Å². The number of nitrogens with two attached hydrogens (primary N) is 1. The predicted molar refractivity (Wildman–Crippen MR) is 149 cm³/mol. The molecule has 1 aromatic carbocycles. The number of aromatic nitrogens is 1. The van der Waals surface area contributed by atoms with E-state index in [9.17, 15) is 0 Å². The van der Waals surface area contributed by atoms with Crippen molar-refractivity contribution in [3.8, 4) is 0 Å². The number of allylic oxidation sites excluding steroid dienone is 4. The van der Waals surface area contributed by atoms with E-state index < -0.39 is 0 Å². The molecule has 0 radical (unpaired) electrons. The lowest BCUT2D eigenvalue weighted by Gasteiger charge is -2.27. The van der Waals surface area contributed by atoms with E-state index in [0.717, 1.165) is 56.2 Å². The van der Waals surface area contributed by atoms with E-state index in [1.165, 1.54) is 0 Å². The molecule has 0 amide bonds. The van der Waals surface area contributed by atoms with Crippen molar-refractivity contribution in [2.75, 3.05) is 18.9 Å². The van der Waals surface area contributed by atoms with Crippen LogP contribution in [0.25, 0.3) is 11.1 Å². The highest BCUT2D eigenvalue weighted by Gasteiger charge is 2.26. The highest BCUT2D eigenvalue weighted by molar-refractivity contribution is 5.94. The smallest absolute Gasteiger partial charge is 0.149 e. The maximum absolute atomic E-state index is 15.4. The lowest BCUT2D eigenvalue weighted by Crippen LogP contribution is -2.42. The van der Waals surface area contributed by atoms with Crippen molar-refractivity contribution in [1.82, 2.24) is 15.3 Å². The van der Waals surface area contributed by atoms with Crippen LogP contribution < -0.4 is 16.5 Å². The summed E-state index contributed by atoms with van der Waals surface area (Å²) < 4.78 is 15.4. The number of hydrogen-bond donors (Lipinski definition) is 3. The zero-order chi connectivity index (χ0) is 26.1. The summed E-state index contributed by atoms with van der Waals surface area (Å²) in [6, 6.07) is 6.23. The highest BCUT2D eigenvalue weighted by atomic mass is 19.1. The van der Waals surface area contributed by atoms with Gasteiger partial charge in [-0.1, -0.05) is 26.0 Å². The number of aliphatic imine (C=N–C) groups is 1. The number of nitrogens with one attached hydrogen (secondary N) is 2. The number of halogens is 1. The van der Waals surface area contributed by atoms with Crippen molar-refractivity contribution in [2.24, 2.45) is 10.8 Å². The van der Waals surface area contributed by atoms with Crippen LogP contribution in [0, 0.1) is 5.82 Å². The molecule has 0 saturated carbocycles. The van der Waals surface area contributed by atoms with Crippen LogP contribution in [0.15, 0.2) is 52.8 Å². The average molecular weight is 489 g/mol. The van der Waals surface area contributed by atoms with E-state index in [4.69, 9.17) is 10.8 Å². The maximum atomic E-state index is 15.4. The van der Waals surface area contributed by atoms with Gasteiger partial charge >= 0.3 is 0 Å². The van der Waals surface area contributed by atoms with Gasteiger partial charge in [0, 0.05) is 60.0 Å². The van der Waals surface area contributed by atoms with Crippen molar-refractivity contribution in [1.29, 1.82) is 0 Å². The largest absolute Gasteiger partial charge is 0.366 e. The van der Waals surface area contributed by atoms with Gasteiger partial charge in [-0.2, -0.15) is 0 Å². The number of fused-ring (bicyclic) bond motifs is 2. The standard InChI is InChI=1S/C29H37FN6/c1-8-17(4)27(19(6)36(7)31)22-12-24-23(9-10-32-29(24)33-15-22)20-11-21-14-26(34-16(2)3)18(5)35-28(21)25(30)13-20/h8-9,11-13,15-16,26,34H,10,14,31H2,1-7H3,(H,32,33)/b17-8+,27-19+. The molecule has 0 spiro atoms. The van der Waals surface area contributed by atoms with Crippen LogP contribution >= 0.6 is 0 Å². The SMILES string of the molecule is C/C=C(C)/C(=C(/C)N(C)N)c1cnc2c(c1)C(c1cc(F)c3c(c1)CC(NC(C)C)C(C)=N3)=CCN2. The first-order valence-electron chi connectivity index (χ1n) is 12.5. The average Bonchev–Trinajstić information content (AvgIpc) is 2.84. The first-order valence-corrected chi connectivity index (χ1v) is 12.5. The van der Waals surface area contributed by atoms with Gasteiger partial charge in [-0.15, -0.1) is 0 Å². The molecule has 190 valence electrons. The van der Waals surface area contributed by atoms with E-state index >= 15 is 4.39 Å². The summed E-state index contributed by atoms with van der Waals surface area (Å²) in [6.07, 6.45) is 6.75. The Labute approximate surface area is 213 Å². The Morgan fingerprint density at radius 1 is 1.28 bits per heavy atom. The van der Waals surface area contributed by atoms with Crippen LogP contribution in [0.4, 0.5) is 15.9 Å². The summed E-state index contributed by atoms with van der Waals surface area (Å²) in [5, 5.41) is 8.53. The summed E-state index contributed by atoms with van der Waals surface area (Å²) in [5.41, 5.74) is 9.10. The topological polar surface area (TPSA) is 78.6 Å². The Balaban J connectivity index is 1.81. The molecule has 3 heterocycles. The number of pyridine rings is 1. The summed E-state index contributed by atoms with van der Waals surface area (Å²) in [6.45, 7) is 12.9. The van der Waals surface area contributed by atoms with Gasteiger partial charge in [0.1, 0.15) is 17.3 Å². The van der Waals surface area contributed by atoms with Crippen LogP contribution in [0.1, 0.15) is 63.8 Å². The third kappa shape index (κ3) is 4.99. The molecule has 0 bridgehead atoms. The Morgan fingerprint density at radius 2 is 2.03 bits per heavy atom. The minimum Gasteiger partial charge on any atom is -0.366 e. The van der Waals surface area contributed by atoms with E-state index in [1.54, 1.807) is 11.1 Å². The second-order valence-corrected chi connectivity index (χ2v) is 9.96. The van der Waals surface area contributed by atoms with Crippen molar-refractivity contribution in [2.45, 2.75) is 60.0 Å². The molecule has 2 aliphatic rings. The monoisotopic (exact) mass is 488 g/mol. The normalized spacial score (nSPS) is 18.1. The summed E-state index contributed by atoms with van der Waals surface area (Å²) >= 11 is 0. The van der Waals surface area contributed by atoms with E-state index in [0.29, 0.717) is 24.7 Å². The van der Waals surface area contributed by atoms with Crippen molar-refractivity contribution in [3.05, 3.63) is 75.9 Å². The van der Waals surface area contributed by atoms with Crippen molar-refractivity contribution >= 4 is 28.4 Å². The molecule has 0 fully saturated rings. The number of nitrogens with zero attached hydrogens (tertiary/aromatic N) is 3. The fourth-order valence-electron chi connectivity index (χ4n) is 4.92. The Bertz CT molecular complexity index is 1300. The first-order chi connectivity index (χ1) is 17.1. The quantitative estimate of drug-likeness (QED) is 0.280. The number of hydrogen-bond acceptors (Lipinski definition) is 6. The molecule has 6 nitrogen and oxygen atoms in total. The minimum atomic E-state index is -0.291. The summed E-state index contributed by atoms with van der Waals surface area (Å²) in [4.78, 5) is 9.36. The number of rotatable bonds is 6. The van der Waals surface area contributed by atoms with Crippen LogP contribution in [0.5, 0.6) is 0 Å². The molecule has 4 N–H and O–H groups in total. The second kappa shape index (κ2) is 10.4. The zero-order valence-corrected chi connectivity index (χ0v) is 22.3. The van der Waals surface area contributed by atoms with Crippen LogP contribution in [-0.2, 0) is 6.42 Å². The summed E-state index contributed by atoms with van der Waals surface area (Å²) in [5.74, 6) is 6.60. The van der Waals surface area contributed by atoms with E-state index in [-0.39, 0.29) is 11.9 Å². The minimum absolute atomic E-state index is 0.0995. The van der Waals surface area contributed by atoms with E-state index in [1.807, 2.05) is 34.0 Å². The molecule has 2 aromatic rings. The fraction of sp³-hybridized carbons (Fsp3) is 0.379. The van der Waals surface area contributed by atoms with Gasteiger partial charge < -0.3 is 15.6 Å². The molecule has 1 aromatic heterocycles. The molecule has 0 aliphatic carbocycles. The molecule has 1 atom stereocenters. The van der Waals surface area contributed by atoms with Crippen LogP contribution in [0.2, 0.25) is 0 Å². The predicted octanol–water partition coefficient (Wildman–Crippen LogP) is 5.60. The van der Waals surface area contributed by atoms with Gasteiger partial charge in [-0.05, 0) is 74.6 Å².